The van der Waals surface area contributed by atoms with Crippen LogP contribution in [-0.2, 0) is 5.41 Å². The third kappa shape index (κ3) is 4.51. The number of fused-ring (bicyclic) bond motifs is 16. The van der Waals surface area contributed by atoms with E-state index >= 15 is 0 Å². The molecule has 0 saturated carbocycles. The molecule has 0 bridgehead atoms. The van der Waals surface area contributed by atoms with Crippen molar-refractivity contribution in [2.24, 2.45) is 0 Å². The smallest absolute Gasteiger partial charge is 0.0991 e. The van der Waals surface area contributed by atoms with Gasteiger partial charge < -0.3 is 9.47 Å². The van der Waals surface area contributed by atoms with Crippen LogP contribution in [-0.4, -0.2) is 12.6 Å². The zero-order chi connectivity index (χ0) is 39.6. The average molecular weight is 770 g/mol. The maximum absolute atomic E-state index is 9.85. The monoisotopic (exact) mass is 769 g/mol. The van der Waals surface area contributed by atoms with Gasteiger partial charge >= 0.3 is 0 Å². The molecule has 1 atom stereocenters. The third-order valence-corrected chi connectivity index (χ3v) is 15.2. The van der Waals surface area contributed by atoms with Gasteiger partial charge in [0.15, 0.2) is 0 Å². The molecule has 0 amide bonds. The van der Waals surface area contributed by atoms with Gasteiger partial charge in [0.2, 0.25) is 0 Å². The van der Waals surface area contributed by atoms with E-state index in [1.165, 1.54) is 87.6 Å². The molecule has 10 aromatic rings. The maximum Gasteiger partial charge on any atom is 0.0991 e. The lowest BCUT2D eigenvalue weighted by Crippen LogP contribution is -2.37. The molecular weight excluding hydrogens is 731 g/mol. The summed E-state index contributed by atoms with van der Waals surface area (Å²) in [7, 11) is -1.56. The fourth-order valence-corrected chi connectivity index (χ4v) is 11.8. The molecule has 0 saturated heterocycles. The number of para-hydroxylation sites is 3. The van der Waals surface area contributed by atoms with Crippen LogP contribution in [0.25, 0.3) is 60.2 Å². The number of benzene rings is 9. The minimum atomic E-state index is -1.56. The normalized spacial score (nSPS) is 15.1. The van der Waals surface area contributed by atoms with Crippen LogP contribution < -0.4 is 10.1 Å². The van der Waals surface area contributed by atoms with E-state index in [-0.39, 0.29) is 0 Å². The summed E-state index contributed by atoms with van der Waals surface area (Å²) < 4.78 is 2.52. The number of hydrogen-bond acceptors (Lipinski definition) is 2. The first-order chi connectivity index (χ1) is 28.9. The van der Waals surface area contributed by atoms with Crippen molar-refractivity contribution < 1.29 is 0 Å². The van der Waals surface area contributed by atoms with Crippen LogP contribution in [0.15, 0.2) is 182 Å². The van der Waals surface area contributed by atoms with Gasteiger partial charge in [0.1, 0.15) is 0 Å². The molecule has 0 fully saturated rings. The molecule has 0 radical (unpaired) electrons. The molecule has 1 aliphatic heterocycles. The number of hydrogen-bond donors (Lipinski definition) is 0. The van der Waals surface area contributed by atoms with Crippen molar-refractivity contribution in [2.75, 3.05) is 4.90 Å². The first-order valence-electron chi connectivity index (χ1n) is 20.5. The highest BCUT2D eigenvalue weighted by Crippen LogP contribution is 2.64. The minimum absolute atomic E-state index is 0.633. The van der Waals surface area contributed by atoms with Crippen molar-refractivity contribution in [2.45, 2.75) is 25.1 Å². The number of anilines is 3. The zero-order valence-electron chi connectivity index (χ0n) is 33.2. The third-order valence-electron chi connectivity index (χ3n) is 13.1. The molecule has 4 heteroatoms. The molecule has 12 rings (SSSR count). The molecule has 1 spiro atoms. The Morgan fingerprint density at radius 3 is 1.88 bits per heavy atom. The van der Waals surface area contributed by atoms with Gasteiger partial charge in [-0.1, -0.05) is 152 Å². The molecule has 2 heterocycles. The van der Waals surface area contributed by atoms with Crippen LogP contribution in [0, 0.1) is 11.3 Å². The summed E-state index contributed by atoms with van der Waals surface area (Å²) in [6, 6.07) is 69.8. The van der Waals surface area contributed by atoms with E-state index < -0.39 is 13.5 Å². The summed E-state index contributed by atoms with van der Waals surface area (Å²) in [6.45, 7) is 7.20. The standard InChI is InChI=1S/C55H39N3Si/c1-59(2,3)39-30-28-38(29-31-39)57(37-26-23-35(34-56)24-27-37)51-33-48-53(43-17-7-6-15-41(43)51)52-40-14-5-4-13-36(40)25-32-46(52)55(48)45-19-9-11-22-50(45)58-49-21-10-8-16-42(49)44-18-12-20-47(55)54(44)58/h4-33H,1-3H3. The Bertz CT molecular complexity index is 3440. The Hall–Kier alpha value is -7.19. The molecule has 3 nitrogen and oxygen atoms in total. The fraction of sp³-hybridized carbons (Fsp3) is 0.0727. The molecular formula is C55H39N3Si. The van der Waals surface area contributed by atoms with E-state index in [2.05, 4.69) is 205 Å². The minimum Gasteiger partial charge on any atom is -0.310 e. The maximum atomic E-state index is 9.85. The first kappa shape index (κ1) is 33.9. The molecule has 59 heavy (non-hydrogen) atoms. The number of rotatable bonds is 4. The Kier molecular flexibility index (Phi) is 6.99. The van der Waals surface area contributed by atoms with E-state index in [9.17, 15) is 5.26 Å². The zero-order valence-corrected chi connectivity index (χ0v) is 34.2. The second-order valence-electron chi connectivity index (χ2n) is 17.2. The number of nitrogens with zero attached hydrogens (tertiary/aromatic N) is 3. The van der Waals surface area contributed by atoms with Gasteiger partial charge in [-0.15, -0.1) is 0 Å². The van der Waals surface area contributed by atoms with Crippen molar-refractivity contribution in [1.29, 1.82) is 5.26 Å². The van der Waals surface area contributed by atoms with Crippen LogP contribution in [0.1, 0.15) is 27.8 Å². The number of aromatic nitrogens is 1. The molecule has 0 N–H and O–H groups in total. The van der Waals surface area contributed by atoms with E-state index in [0.29, 0.717) is 5.56 Å². The summed E-state index contributed by atoms with van der Waals surface area (Å²) in [4.78, 5) is 2.42. The highest BCUT2D eigenvalue weighted by atomic mass is 28.3. The quantitative estimate of drug-likeness (QED) is 0.167. The van der Waals surface area contributed by atoms with E-state index in [0.717, 1.165) is 17.1 Å². The highest BCUT2D eigenvalue weighted by molar-refractivity contribution is 6.88. The number of nitriles is 1. The second-order valence-corrected chi connectivity index (χ2v) is 22.3. The Labute approximate surface area is 344 Å². The van der Waals surface area contributed by atoms with Crippen molar-refractivity contribution in [1.82, 2.24) is 4.57 Å². The van der Waals surface area contributed by atoms with Gasteiger partial charge in [-0.05, 0) is 104 Å². The highest BCUT2D eigenvalue weighted by Gasteiger charge is 2.52. The lowest BCUT2D eigenvalue weighted by Gasteiger charge is -2.40. The second kappa shape index (κ2) is 12.2. The largest absolute Gasteiger partial charge is 0.310 e. The Balaban J connectivity index is 1.28. The van der Waals surface area contributed by atoms with Gasteiger partial charge in [0.05, 0.1) is 47.5 Å². The summed E-state index contributed by atoms with van der Waals surface area (Å²) >= 11 is 0. The van der Waals surface area contributed by atoms with Crippen LogP contribution >= 0.6 is 0 Å². The topological polar surface area (TPSA) is 32.0 Å². The Morgan fingerprint density at radius 2 is 1.12 bits per heavy atom. The van der Waals surface area contributed by atoms with Crippen molar-refractivity contribution in [3.8, 4) is 22.9 Å². The van der Waals surface area contributed by atoms with Crippen molar-refractivity contribution >= 4 is 73.7 Å². The summed E-state index contributed by atoms with van der Waals surface area (Å²) in [6.07, 6.45) is 0. The molecule has 278 valence electrons. The predicted molar refractivity (Wildman–Crippen MR) is 249 cm³/mol. The van der Waals surface area contributed by atoms with E-state index in [1.54, 1.807) is 0 Å². The lowest BCUT2D eigenvalue weighted by molar-refractivity contribution is 0.749. The van der Waals surface area contributed by atoms with Crippen LogP contribution in [0.2, 0.25) is 19.6 Å². The van der Waals surface area contributed by atoms with Gasteiger partial charge in [0.25, 0.3) is 0 Å². The molecule has 1 aliphatic carbocycles. The van der Waals surface area contributed by atoms with E-state index in [4.69, 9.17) is 0 Å². The average Bonchev–Trinajstić information content (AvgIpc) is 3.77. The summed E-state index contributed by atoms with van der Waals surface area (Å²) in [5.41, 5.74) is 14.7. The molecule has 1 unspecified atom stereocenters. The van der Waals surface area contributed by atoms with Crippen molar-refractivity contribution in [3.63, 3.8) is 0 Å². The lowest BCUT2D eigenvalue weighted by atomic mass is 9.65. The van der Waals surface area contributed by atoms with Crippen molar-refractivity contribution in [3.05, 3.63) is 210 Å². The molecule has 9 aromatic carbocycles. The summed E-state index contributed by atoms with van der Waals surface area (Å²) in [5.74, 6) is 0. The van der Waals surface area contributed by atoms with E-state index in [1.807, 2.05) is 12.1 Å². The van der Waals surface area contributed by atoms with Gasteiger partial charge in [-0.2, -0.15) is 5.26 Å². The fourth-order valence-electron chi connectivity index (χ4n) is 10.6. The van der Waals surface area contributed by atoms with Crippen LogP contribution in [0.5, 0.6) is 0 Å². The summed E-state index contributed by atoms with van der Waals surface area (Å²) in [5, 5.41) is 18.7. The molecule has 2 aliphatic rings. The molecule has 1 aromatic heterocycles. The van der Waals surface area contributed by atoms with Gasteiger partial charge in [-0.25, -0.2) is 0 Å². The first-order valence-corrected chi connectivity index (χ1v) is 24.0. The van der Waals surface area contributed by atoms with Crippen LogP contribution in [0.4, 0.5) is 17.1 Å². The van der Waals surface area contributed by atoms with Gasteiger partial charge in [0, 0.05) is 27.5 Å². The predicted octanol–water partition coefficient (Wildman–Crippen LogP) is 13.7. The van der Waals surface area contributed by atoms with Gasteiger partial charge in [-0.3, -0.25) is 0 Å². The SMILES string of the molecule is C[Si](C)(C)c1ccc(N(c2ccc(C#N)cc2)c2cc3c(c4ccccc24)-c2c(ccc4ccccc24)C32c3ccccc3-n3c4ccccc4c4cccc2c43)cc1. The van der Waals surface area contributed by atoms with Crippen LogP contribution in [0.3, 0.4) is 0 Å². The Morgan fingerprint density at radius 1 is 0.508 bits per heavy atom.